The van der Waals surface area contributed by atoms with Crippen LogP contribution in [0.5, 0.6) is 0 Å². The monoisotopic (exact) mass is 208 g/mol. The summed E-state index contributed by atoms with van der Waals surface area (Å²) in [4.78, 5) is 0. The fourth-order valence-electron chi connectivity index (χ4n) is 4.16. The minimum atomic E-state index is -1.94. The van der Waals surface area contributed by atoms with Crippen LogP contribution < -0.4 is 0 Å². The molecule has 0 saturated heterocycles. The van der Waals surface area contributed by atoms with E-state index in [0.29, 0.717) is 0 Å². The molecule has 4 bridgehead atoms. The van der Waals surface area contributed by atoms with Gasteiger partial charge in [-0.05, 0) is 0 Å². The lowest BCUT2D eigenvalue weighted by molar-refractivity contribution is -0.220. The van der Waals surface area contributed by atoms with Crippen LogP contribution in [0.15, 0.2) is 0 Å². The molecule has 0 aromatic rings. The maximum atomic E-state index is 13.9. The summed E-state index contributed by atoms with van der Waals surface area (Å²) in [6, 6.07) is 0. The number of hydrogen-bond acceptors (Lipinski definition) is 0. The zero-order valence-electron chi connectivity index (χ0n) is 7.75. The molecule has 0 nitrogen and oxygen atoms in total. The molecule has 4 heteroatoms. The Kier molecular flexibility index (Phi) is 1.27. The maximum absolute atomic E-state index is 13.9. The summed E-state index contributed by atoms with van der Waals surface area (Å²) in [6.07, 6.45) is -1.85. The molecule has 0 amide bonds. The van der Waals surface area contributed by atoms with Gasteiger partial charge in [-0.1, -0.05) is 0 Å². The molecule has 4 aliphatic carbocycles. The molecule has 14 heavy (non-hydrogen) atoms. The lowest BCUT2D eigenvalue weighted by atomic mass is 9.51. The Morgan fingerprint density at radius 1 is 0.429 bits per heavy atom. The van der Waals surface area contributed by atoms with E-state index in [1.807, 2.05) is 0 Å². The van der Waals surface area contributed by atoms with E-state index in [9.17, 15) is 17.6 Å². The van der Waals surface area contributed by atoms with Gasteiger partial charge in [0.2, 0.25) is 0 Å². The summed E-state index contributed by atoms with van der Waals surface area (Å²) < 4.78 is 55.6. The Hall–Kier alpha value is -0.280. The van der Waals surface area contributed by atoms with Gasteiger partial charge < -0.3 is 0 Å². The van der Waals surface area contributed by atoms with Crippen molar-refractivity contribution in [1.29, 1.82) is 0 Å². The summed E-state index contributed by atoms with van der Waals surface area (Å²) in [5.74, 6) is 0. The van der Waals surface area contributed by atoms with E-state index in [-0.39, 0.29) is 38.5 Å². The zero-order chi connectivity index (χ0) is 10.2. The molecule has 0 unspecified atom stereocenters. The van der Waals surface area contributed by atoms with Gasteiger partial charge in [0.1, 0.15) is 22.7 Å². The highest BCUT2D eigenvalue weighted by atomic mass is 19.2. The van der Waals surface area contributed by atoms with Gasteiger partial charge in [-0.25, -0.2) is 17.6 Å². The Balaban J connectivity index is 2.08. The molecular formula is C10H12F4. The Morgan fingerprint density at radius 3 is 0.714 bits per heavy atom. The Bertz CT molecular complexity index is 205. The summed E-state index contributed by atoms with van der Waals surface area (Å²) in [5, 5.41) is 0. The van der Waals surface area contributed by atoms with Crippen LogP contribution in [0.3, 0.4) is 0 Å². The highest BCUT2D eigenvalue weighted by molar-refractivity contribution is 5.21. The lowest BCUT2D eigenvalue weighted by Gasteiger charge is -2.60. The standard InChI is InChI=1S/C10H12F4/c11-7-1-8(12)4-9(13,2-7)6-10(14,3-7)5-8/h1-6H2. The normalized spacial score (nSPS) is 66.0. The summed E-state index contributed by atoms with van der Waals surface area (Å²) in [7, 11) is 0. The first-order chi connectivity index (χ1) is 6.24. The maximum Gasteiger partial charge on any atom is 0.120 e. The molecule has 0 spiro atoms. The van der Waals surface area contributed by atoms with Crippen LogP contribution in [-0.2, 0) is 0 Å². The molecule has 4 saturated carbocycles. The van der Waals surface area contributed by atoms with E-state index in [0.717, 1.165) is 0 Å². The van der Waals surface area contributed by atoms with Gasteiger partial charge in [-0.15, -0.1) is 0 Å². The molecule has 0 heterocycles. The SMILES string of the molecule is FC12CC3(F)CC(F)(C1)CC(F)(C2)C3. The third-order valence-electron chi connectivity index (χ3n) is 3.80. The van der Waals surface area contributed by atoms with Gasteiger partial charge in [0.15, 0.2) is 0 Å². The van der Waals surface area contributed by atoms with Crippen LogP contribution in [0.2, 0.25) is 0 Å². The van der Waals surface area contributed by atoms with Crippen LogP contribution in [0, 0.1) is 0 Å². The molecule has 0 atom stereocenters. The van der Waals surface area contributed by atoms with Crippen molar-refractivity contribution in [2.45, 2.75) is 61.2 Å². The molecule has 0 aromatic carbocycles. The molecule has 0 aromatic heterocycles. The van der Waals surface area contributed by atoms with Gasteiger partial charge in [-0.2, -0.15) is 0 Å². The highest BCUT2D eigenvalue weighted by Crippen LogP contribution is 2.65. The quantitative estimate of drug-likeness (QED) is 0.536. The van der Waals surface area contributed by atoms with Crippen molar-refractivity contribution in [3.8, 4) is 0 Å². The molecule has 4 rings (SSSR count). The second-order valence-electron chi connectivity index (χ2n) is 5.66. The van der Waals surface area contributed by atoms with Crippen molar-refractivity contribution >= 4 is 0 Å². The van der Waals surface area contributed by atoms with Crippen molar-refractivity contribution in [2.24, 2.45) is 0 Å². The summed E-state index contributed by atoms with van der Waals surface area (Å²) in [6.45, 7) is 0. The first-order valence-electron chi connectivity index (χ1n) is 5.00. The van der Waals surface area contributed by atoms with Crippen molar-refractivity contribution < 1.29 is 17.6 Å². The lowest BCUT2D eigenvalue weighted by Crippen LogP contribution is -2.66. The molecule has 4 aliphatic rings. The summed E-state index contributed by atoms with van der Waals surface area (Å²) >= 11 is 0. The first-order valence-corrected chi connectivity index (χ1v) is 5.00. The first kappa shape index (κ1) is 8.98. The zero-order valence-corrected chi connectivity index (χ0v) is 7.75. The predicted molar refractivity (Wildman–Crippen MR) is 43.1 cm³/mol. The average Bonchev–Trinajstić information content (AvgIpc) is 1.67. The van der Waals surface area contributed by atoms with Crippen molar-refractivity contribution in [1.82, 2.24) is 0 Å². The highest BCUT2D eigenvalue weighted by Gasteiger charge is 2.71. The van der Waals surface area contributed by atoms with Crippen molar-refractivity contribution in [3.05, 3.63) is 0 Å². The second-order valence-corrected chi connectivity index (χ2v) is 5.66. The van der Waals surface area contributed by atoms with E-state index in [1.54, 1.807) is 0 Å². The van der Waals surface area contributed by atoms with Crippen LogP contribution >= 0.6 is 0 Å². The van der Waals surface area contributed by atoms with Crippen LogP contribution in [0.25, 0.3) is 0 Å². The molecule has 0 radical (unpaired) electrons. The fourth-order valence-corrected chi connectivity index (χ4v) is 4.16. The average molecular weight is 208 g/mol. The van der Waals surface area contributed by atoms with Crippen LogP contribution in [0.4, 0.5) is 17.6 Å². The van der Waals surface area contributed by atoms with E-state index in [2.05, 4.69) is 0 Å². The van der Waals surface area contributed by atoms with E-state index < -0.39 is 22.7 Å². The van der Waals surface area contributed by atoms with E-state index in [4.69, 9.17) is 0 Å². The van der Waals surface area contributed by atoms with E-state index >= 15 is 0 Å². The second kappa shape index (κ2) is 1.98. The Morgan fingerprint density at radius 2 is 0.571 bits per heavy atom. The topological polar surface area (TPSA) is 0 Å². The molecule has 0 N–H and O–H groups in total. The number of halogens is 4. The molecular weight excluding hydrogens is 196 g/mol. The third-order valence-corrected chi connectivity index (χ3v) is 3.80. The summed E-state index contributed by atoms with van der Waals surface area (Å²) in [5.41, 5.74) is -7.75. The molecule has 4 fully saturated rings. The van der Waals surface area contributed by atoms with Crippen LogP contribution in [-0.4, -0.2) is 22.7 Å². The minimum absolute atomic E-state index is 0.308. The smallest absolute Gasteiger partial charge is 0.120 e. The van der Waals surface area contributed by atoms with Crippen molar-refractivity contribution in [2.75, 3.05) is 0 Å². The minimum Gasteiger partial charge on any atom is -0.244 e. The van der Waals surface area contributed by atoms with Gasteiger partial charge in [0.25, 0.3) is 0 Å². The molecule has 0 aliphatic heterocycles. The van der Waals surface area contributed by atoms with Crippen LogP contribution in [0.1, 0.15) is 38.5 Å². The van der Waals surface area contributed by atoms with Crippen molar-refractivity contribution in [3.63, 3.8) is 0 Å². The van der Waals surface area contributed by atoms with Gasteiger partial charge in [-0.3, -0.25) is 0 Å². The number of hydrogen-bond donors (Lipinski definition) is 0. The molecule has 80 valence electrons. The van der Waals surface area contributed by atoms with E-state index in [1.165, 1.54) is 0 Å². The van der Waals surface area contributed by atoms with Gasteiger partial charge >= 0.3 is 0 Å². The number of alkyl halides is 4. The largest absolute Gasteiger partial charge is 0.244 e. The van der Waals surface area contributed by atoms with Gasteiger partial charge in [0, 0.05) is 38.5 Å². The third kappa shape index (κ3) is 1.06. The predicted octanol–water partition coefficient (Wildman–Crippen LogP) is 3.20. The Labute approximate surface area is 79.7 Å². The van der Waals surface area contributed by atoms with Gasteiger partial charge in [0.05, 0.1) is 0 Å². The fraction of sp³-hybridized carbons (Fsp3) is 1.00. The number of rotatable bonds is 0.